The second kappa shape index (κ2) is 8.52. The van der Waals surface area contributed by atoms with Gasteiger partial charge in [-0.2, -0.15) is 4.98 Å². The molecule has 2 aromatic rings. The van der Waals surface area contributed by atoms with Crippen LogP contribution in [0, 0.1) is 0 Å². The number of benzene rings is 1. The highest BCUT2D eigenvalue weighted by molar-refractivity contribution is 5.94. The molecule has 9 heteroatoms. The number of rotatable bonds is 6. The van der Waals surface area contributed by atoms with Crippen LogP contribution in [-0.4, -0.2) is 58.6 Å². The number of aromatic nitrogens is 3. The van der Waals surface area contributed by atoms with E-state index < -0.39 is 0 Å². The molecule has 1 aliphatic rings. The summed E-state index contributed by atoms with van der Waals surface area (Å²) in [7, 11) is 1.55. The Kier molecular flexibility index (Phi) is 5.90. The molecule has 0 bridgehead atoms. The molecule has 3 rings (SSSR count). The van der Waals surface area contributed by atoms with Crippen LogP contribution in [-0.2, 0) is 4.79 Å². The van der Waals surface area contributed by atoms with Gasteiger partial charge in [0.2, 0.25) is 11.9 Å². The van der Waals surface area contributed by atoms with Gasteiger partial charge >= 0.3 is 0 Å². The Morgan fingerprint density at radius 2 is 2.15 bits per heavy atom. The minimum atomic E-state index is -0.219. The van der Waals surface area contributed by atoms with E-state index >= 15 is 0 Å². The van der Waals surface area contributed by atoms with Crippen LogP contribution in [0.5, 0.6) is 5.75 Å². The highest BCUT2D eigenvalue weighted by atomic mass is 16.5. The summed E-state index contributed by atoms with van der Waals surface area (Å²) >= 11 is 0. The van der Waals surface area contributed by atoms with E-state index in [1.807, 2.05) is 4.90 Å². The number of carbonyl (C=O) groups is 2. The summed E-state index contributed by atoms with van der Waals surface area (Å²) in [4.78, 5) is 30.5. The number of amides is 2. The van der Waals surface area contributed by atoms with Gasteiger partial charge in [0, 0.05) is 37.5 Å². The van der Waals surface area contributed by atoms with E-state index in [2.05, 4.69) is 20.5 Å². The first-order valence-electron chi connectivity index (χ1n) is 8.94. The summed E-state index contributed by atoms with van der Waals surface area (Å²) < 4.78 is 5.11. The van der Waals surface area contributed by atoms with Gasteiger partial charge in [-0.3, -0.25) is 14.7 Å². The van der Waals surface area contributed by atoms with Crippen LogP contribution in [0.1, 0.15) is 41.4 Å². The number of nitrogen functional groups attached to an aromatic ring is 1. The zero-order valence-corrected chi connectivity index (χ0v) is 15.3. The number of nitrogens with two attached hydrogens (primary N) is 1. The van der Waals surface area contributed by atoms with Gasteiger partial charge in [0.1, 0.15) is 11.6 Å². The number of methoxy groups -OCH3 is 1. The number of H-pyrrole nitrogens is 1. The van der Waals surface area contributed by atoms with Gasteiger partial charge in [0.15, 0.2) is 0 Å². The summed E-state index contributed by atoms with van der Waals surface area (Å²) in [6.45, 7) is 1.62. The molecule has 144 valence electrons. The Balaban J connectivity index is 1.41. The molecule has 27 heavy (non-hydrogen) atoms. The Hall–Kier alpha value is -3.10. The summed E-state index contributed by atoms with van der Waals surface area (Å²) in [5.74, 6) is 1.71. The number of anilines is 1. The lowest BCUT2D eigenvalue weighted by molar-refractivity contribution is -0.132. The number of nitrogens with one attached hydrogen (secondary N) is 2. The molecule has 0 unspecified atom stereocenters. The van der Waals surface area contributed by atoms with Crippen LogP contribution in [0.2, 0.25) is 0 Å². The first kappa shape index (κ1) is 18.7. The highest BCUT2D eigenvalue weighted by Gasteiger charge is 2.25. The number of aromatic amines is 1. The lowest BCUT2D eigenvalue weighted by Crippen LogP contribution is -2.39. The molecular formula is C18H24N6O3. The van der Waals surface area contributed by atoms with Crippen molar-refractivity contribution >= 4 is 17.8 Å². The Morgan fingerprint density at radius 1 is 1.37 bits per heavy atom. The lowest BCUT2D eigenvalue weighted by Gasteiger charge is -2.31. The predicted molar refractivity (Wildman–Crippen MR) is 99.3 cm³/mol. The van der Waals surface area contributed by atoms with Crippen molar-refractivity contribution in [1.82, 2.24) is 25.4 Å². The fourth-order valence-corrected chi connectivity index (χ4v) is 3.18. The van der Waals surface area contributed by atoms with Crippen LogP contribution in [0.25, 0.3) is 0 Å². The molecule has 1 fully saturated rings. The van der Waals surface area contributed by atoms with Gasteiger partial charge in [-0.1, -0.05) is 6.07 Å². The zero-order valence-electron chi connectivity index (χ0n) is 15.3. The van der Waals surface area contributed by atoms with E-state index in [1.54, 1.807) is 31.4 Å². The van der Waals surface area contributed by atoms with E-state index in [0.29, 0.717) is 30.9 Å². The van der Waals surface area contributed by atoms with Crippen molar-refractivity contribution in [2.45, 2.75) is 25.2 Å². The third-order valence-electron chi connectivity index (χ3n) is 4.71. The van der Waals surface area contributed by atoms with Crippen molar-refractivity contribution in [1.29, 1.82) is 0 Å². The van der Waals surface area contributed by atoms with E-state index in [1.165, 1.54) is 0 Å². The van der Waals surface area contributed by atoms with Crippen LogP contribution in [0.15, 0.2) is 24.3 Å². The average molecular weight is 372 g/mol. The SMILES string of the molecule is COc1cccc(C(=O)NCCC(=O)N2CCC(c3nc(N)n[nH]3)CC2)c1. The molecule has 9 nitrogen and oxygen atoms in total. The molecular weight excluding hydrogens is 348 g/mol. The Morgan fingerprint density at radius 3 is 2.81 bits per heavy atom. The van der Waals surface area contributed by atoms with Gasteiger partial charge in [-0.25, -0.2) is 0 Å². The van der Waals surface area contributed by atoms with Gasteiger partial charge in [-0.15, -0.1) is 5.10 Å². The van der Waals surface area contributed by atoms with Crippen molar-refractivity contribution in [3.05, 3.63) is 35.7 Å². The molecule has 0 radical (unpaired) electrons. The second-order valence-corrected chi connectivity index (χ2v) is 6.47. The molecule has 2 amide bonds. The van der Waals surface area contributed by atoms with Crippen molar-refractivity contribution in [2.75, 3.05) is 32.5 Å². The van der Waals surface area contributed by atoms with Crippen molar-refractivity contribution < 1.29 is 14.3 Å². The number of nitrogens with zero attached hydrogens (tertiary/aromatic N) is 3. The van der Waals surface area contributed by atoms with Gasteiger partial charge in [-0.05, 0) is 31.0 Å². The minimum Gasteiger partial charge on any atom is -0.497 e. The number of hydrogen-bond acceptors (Lipinski definition) is 6. The number of hydrogen-bond donors (Lipinski definition) is 3. The van der Waals surface area contributed by atoms with Crippen molar-refractivity contribution in [3.8, 4) is 5.75 Å². The summed E-state index contributed by atoms with van der Waals surface area (Å²) in [5.41, 5.74) is 6.05. The number of ether oxygens (including phenoxy) is 1. The Bertz CT molecular complexity index is 798. The Labute approximate surface area is 157 Å². The summed E-state index contributed by atoms with van der Waals surface area (Å²) in [6, 6.07) is 6.90. The predicted octanol–water partition coefficient (Wildman–Crippen LogP) is 0.922. The molecule has 2 heterocycles. The number of piperidine rings is 1. The molecule has 1 aromatic carbocycles. The third kappa shape index (κ3) is 4.75. The molecule has 1 aromatic heterocycles. The lowest BCUT2D eigenvalue weighted by atomic mass is 9.96. The fraction of sp³-hybridized carbons (Fsp3) is 0.444. The minimum absolute atomic E-state index is 0.0384. The standard InChI is InChI=1S/C18H24N6O3/c1-27-14-4-2-3-13(11-14)17(26)20-8-5-15(25)24-9-6-12(7-10-24)16-21-18(19)23-22-16/h2-4,11-12H,5-10H2,1H3,(H,20,26)(H3,19,21,22,23). The van der Waals surface area contributed by atoms with E-state index in [-0.39, 0.29) is 30.1 Å². The summed E-state index contributed by atoms with van der Waals surface area (Å²) in [5, 5.41) is 9.47. The normalized spacial score (nSPS) is 14.8. The molecule has 0 saturated carbocycles. The first-order valence-corrected chi connectivity index (χ1v) is 8.94. The molecule has 1 saturated heterocycles. The number of carbonyl (C=O) groups excluding carboxylic acids is 2. The summed E-state index contributed by atoms with van der Waals surface area (Å²) in [6.07, 6.45) is 1.91. The first-order chi connectivity index (χ1) is 13.1. The second-order valence-electron chi connectivity index (χ2n) is 6.47. The zero-order chi connectivity index (χ0) is 19.2. The fourth-order valence-electron chi connectivity index (χ4n) is 3.18. The van der Waals surface area contributed by atoms with E-state index in [0.717, 1.165) is 18.7 Å². The van der Waals surface area contributed by atoms with Gasteiger partial charge in [0.05, 0.1) is 7.11 Å². The average Bonchev–Trinajstić information content (AvgIpc) is 3.14. The molecule has 0 atom stereocenters. The number of likely N-dealkylation sites (tertiary alicyclic amines) is 1. The maximum Gasteiger partial charge on any atom is 0.251 e. The van der Waals surface area contributed by atoms with E-state index in [4.69, 9.17) is 10.5 Å². The smallest absolute Gasteiger partial charge is 0.251 e. The maximum atomic E-state index is 12.4. The highest BCUT2D eigenvalue weighted by Crippen LogP contribution is 2.25. The van der Waals surface area contributed by atoms with Crippen LogP contribution >= 0.6 is 0 Å². The van der Waals surface area contributed by atoms with Crippen LogP contribution in [0.4, 0.5) is 5.95 Å². The van der Waals surface area contributed by atoms with Crippen molar-refractivity contribution in [3.63, 3.8) is 0 Å². The third-order valence-corrected chi connectivity index (χ3v) is 4.71. The molecule has 1 aliphatic heterocycles. The van der Waals surface area contributed by atoms with Crippen LogP contribution in [0.3, 0.4) is 0 Å². The van der Waals surface area contributed by atoms with Gasteiger partial charge < -0.3 is 20.7 Å². The monoisotopic (exact) mass is 372 g/mol. The van der Waals surface area contributed by atoms with E-state index in [9.17, 15) is 9.59 Å². The van der Waals surface area contributed by atoms with Gasteiger partial charge in [0.25, 0.3) is 5.91 Å². The molecule has 0 aliphatic carbocycles. The topological polar surface area (TPSA) is 126 Å². The quantitative estimate of drug-likeness (QED) is 0.692. The largest absolute Gasteiger partial charge is 0.497 e. The van der Waals surface area contributed by atoms with Crippen LogP contribution < -0.4 is 15.8 Å². The van der Waals surface area contributed by atoms with Crippen molar-refractivity contribution in [2.24, 2.45) is 0 Å². The maximum absolute atomic E-state index is 12.4. The molecule has 4 N–H and O–H groups in total. The molecule has 0 spiro atoms.